The first-order valence-corrected chi connectivity index (χ1v) is 8.52. The third kappa shape index (κ3) is 3.76. The molecule has 1 aliphatic heterocycles. The number of benzene rings is 1. The SMILES string of the molecule is CCCN(Cc1ccccc1F)[C@@H]1CCS(=O)(=O)C1. The normalized spacial score (nSPS) is 21.9. The molecule has 19 heavy (non-hydrogen) atoms. The van der Waals surface area contributed by atoms with Gasteiger partial charge in [0.25, 0.3) is 0 Å². The van der Waals surface area contributed by atoms with Gasteiger partial charge in [-0.15, -0.1) is 0 Å². The smallest absolute Gasteiger partial charge is 0.151 e. The van der Waals surface area contributed by atoms with E-state index in [4.69, 9.17) is 0 Å². The summed E-state index contributed by atoms with van der Waals surface area (Å²) in [5, 5.41) is 0. The number of nitrogens with zero attached hydrogens (tertiary/aromatic N) is 1. The molecule has 0 aromatic heterocycles. The molecule has 1 saturated heterocycles. The lowest BCUT2D eigenvalue weighted by Gasteiger charge is -2.27. The van der Waals surface area contributed by atoms with Gasteiger partial charge in [0, 0.05) is 18.2 Å². The third-order valence-electron chi connectivity index (χ3n) is 3.57. The van der Waals surface area contributed by atoms with Gasteiger partial charge in [0.2, 0.25) is 0 Å². The summed E-state index contributed by atoms with van der Waals surface area (Å²) in [7, 11) is -2.90. The maximum atomic E-state index is 13.7. The van der Waals surface area contributed by atoms with Crippen molar-refractivity contribution in [3.63, 3.8) is 0 Å². The molecule has 1 heterocycles. The molecule has 1 fully saturated rings. The van der Waals surface area contributed by atoms with Crippen molar-refractivity contribution in [1.82, 2.24) is 4.90 Å². The molecule has 1 aromatic carbocycles. The minimum absolute atomic E-state index is 0.0320. The van der Waals surface area contributed by atoms with E-state index in [-0.39, 0.29) is 23.4 Å². The van der Waals surface area contributed by atoms with Crippen LogP contribution in [-0.2, 0) is 16.4 Å². The standard InChI is InChI=1S/C14H20FNO2S/c1-2-8-16(13-7-9-19(17,18)11-13)10-12-5-3-4-6-14(12)15/h3-6,13H,2,7-11H2,1H3/t13-/m1/s1. The van der Waals surface area contributed by atoms with E-state index in [1.807, 2.05) is 6.07 Å². The molecule has 1 aromatic rings. The largest absolute Gasteiger partial charge is 0.295 e. The minimum Gasteiger partial charge on any atom is -0.295 e. The number of sulfone groups is 1. The zero-order chi connectivity index (χ0) is 13.9. The van der Waals surface area contributed by atoms with E-state index in [0.717, 1.165) is 13.0 Å². The van der Waals surface area contributed by atoms with E-state index >= 15 is 0 Å². The Bertz CT molecular complexity index is 530. The average molecular weight is 285 g/mol. The molecule has 1 aliphatic rings. The van der Waals surface area contributed by atoms with E-state index in [1.54, 1.807) is 12.1 Å². The van der Waals surface area contributed by atoms with Crippen LogP contribution >= 0.6 is 0 Å². The van der Waals surface area contributed by atoms with E-state index in [0.29, 0.717) is 18.5 Å². The van der Waals surface area contributed by atoms with Crippen LogP contribution in [0.25, 0.3) is 0 Å². The molecule has 0 bridgehead atoms. The molecule has 2 rings (SSSR count). The molecule has 0 amide bonds. The lowest BCUT2D eigenvalue weighted by atomic mass is 10.1. The van der Waals surface area contributed by atoms with Gasteiger partial charge < -0.3 is 0 Å². The molecule has 3 nitrogen and oxygen atoms in total. The Morgan fingerprint density at radius 3 is 2.68 bits per heavy atom. The Kier molecular flexibility index (Phi) is 4.58. The predicted octanol–water partition coefficient (Wildman–Crippen LogP) is 2.22. The van der Waals surface area contributed by atoms with Crippen molar-refractivity contribution >= 4 is 9.84 Å². The second-order valence-corrected chi connectivity index (χ2v) is 7.35. The first-order valence-electron chi connectivity index (χ1n) is 6.69. The van der Waals surface area contributed by atoms with Gasteiger partial charge in [-0.1, -0.05) is 25.1 Å². The maximum Gasteiger partial charge on any atom is 0.151 e. The average Bonchev–Trinajstić information content (AvgIpc) is 2.72. The van der Waals surface area contributed by atoms with Gasteiger partial charge in [-0.25, -0.2) is 12.8 Å². The Morgan fingerprint density at radius 2 is 2.11 bits per heavy atom. The summed E-state index contributed by atoms with van der Waals surface area (Å²) in [6.07, 6.45) is 1.60. The van der Waals surface area contributed by atoms with Gasteiger partial charge in [0.1, 0.15) is 5.82 Å². The Balaban J connectivity index is 2.11. The van der Waals surface area contributed by atoms with Crippen LogP contribution in [0.4, 0.5) is 4.39 Å². The van der Waals surface area contributed by atoms with Gasteiger partial charge in [-0.2, -0.15) is 0 Å². The van der Waals surface area contributed by atoms with Crippen LogP contribution in [0.3, 0.4) is 0 Å². The van der Waals surface area contributed by atoms with Crippen molar-refractivity contribution in [3.05, 3.63) is 35.6 Å². The molecule has 0 spiro atoms. The Labute approximate surface area is 114 Å². The summed E-state index contributed by atoms with van der Waals surface area (Å²) in [5.41, 5.74) is 0.639. The fourth-order valence-electron chi connectivity index (χ4n) is 2.59. The van der Waals surface area contributed by atoms with Gasteiger partial charge >= 0.3 is 0 Å². The van der Waals surface area contributed by atoms with Crippen LogP contribution in [0, 0.1) is 5.82 Å². The lowest BCUT2D eigenvalue weighted by Crippen LogP contribution is -2.36. The zero-order valence-electron chi connectivity index (χ0n) is 11.2. The lowest BCUT2D eigenvalue weighted by molar-refractivity contribution is 0.201. The summed E-state index contributed by atoms with van der Waals surface area (Å²) in [6.45, 7) is 3.34. The summed E-state index contributed by atoms with van der Waals surface area (Å²) < 4.78 is 36.8. The molecule has 0 N–H and O–H groups in total. The number of rotatable bonds is 5. The van der Waals surface area contributed by atoms with Crippen molar-refractivity contribution < 1.29 is 12.8 Å². The summed E-state index contributed by atoms with van der Waals surface area (Å²) in [4.78, 5) is 2.10. The molecule has 1 atom stereocenters. The van der Waals surface area contributed by atoms with Crippen molar-refractivity contribution in [3.8, 4) is 0 Å². The Morgan fingerprint density at radius 1 is 1.37 bits per heavy atom. The minimum atomic E-state index is -2.90. The third-order valence-corrected chi connectivity index (χ3v) is 5.32. The molecule has 0 saturated carbocycles. The molecule has 0 unspecified atom stereocenters. The van der Waals surface area contributed by atoms with E-state index in [1.165, 1.54) is 6.07 Å². The highest BCUT2D eigenvalue weighted by molar-refractivity contribution is 7.91. The second-order valence-electron chi connectivity index (χ2n) is 5.12. The monoisotopic (exact) mass is 285 g/mol. The van der Waals surface area contributed by atoms with Crippen LogP contribution < -0.4 is 0 Å². The number of halogens is 1. The van der Waals surface area contributed by atoms with E-state index in [9.17, 15) is 12.8 Å². The second kappa shape index (κ2) is 6.01. The first kappa shape index (κ1) is 14.5. The topological polar surface area (TPSA) is 37.4 Å². The molecule has 0 radical (unpaired) electrons. The van der Waals surface area contributed by atoms with Gasteiger partial charge in [0.05, 0.1) is 11.5 Å². The molecule has 5 heteroatoms. The molecule has 106 valence electrons. The zero-order valence-corrected chi connectivity index (χ0v) is 12.0. The van der Waals surface area contributed by atoms with Gasteiger partial charge in [0.15, 0.2) is 9.84 Å². The van der Waals surface area contributed by atoms with Crippen molar-refractivity contribution in [2.45, 2.75) is 32.4 Å². The molecule has 0 aliphatic carbocycles. The van der Waals surface area contributed by atoms with Gasteiger partial charge in [-0.05, 0) is 25.5 Å². The van der Waals surface area contributed by atoms with Crippen LogP contribution in [-0.4, -0.2) is 37.4 Å². The highest BCUT2D eigenvalue weighted by atomic mass is 32.2. The quantitative estimate of drug-likeness (QED) is 0.832. The van der Waals surface area contributed by atoms with Crippen LogP contribution in [0.15, 0.2) is 24.3 Å². The van der Waals surface area contributed by atoms with Crippen molar-refractivity contribution in [1.29, 1.82) is 0 Å². The molecular formula is C14H20FNO2S. The number of hydrogen-bond acceptors (Lipinski definition) is 3. The summed E-state index contributed by atoms with van der Waals surface area (Å²) in [6, 6.07) is 6.73. The van der Waals surface area contributed by atoms with Crippen LogP contribution in [0.1, 0.15) is 25.3 Å². The summed E-state index contributed by atoms with van der Waals surface area (Å²) >= 11 is 0. The molecular weight excluding hydrogens is 265 g/mol. The van der Waals surface area contributed by atoms with Crippen molar-refractivity contribution in [2.75, 3.05) is 18.1 Å². The fraction of sp³-hybridized carbons (Fsp3) is 0.571. The number of hydrogen-bond donors (Lipinski definition) is 0. The first-order chi connectivity index (χ1) is 9.02. The summed E-state index contributed by atoms with van der Waals surface area (Å²) in [5.74, 6) is 0.251. The van der Waals surface area contributed by atoms with Crippen molar-refractivity contribution in [2.24, 2.45) is 0 Å². The maximum absolute atomic E-state index is 13.7. The fourth-order valence-corrected chi connectivity index (χ4v) is 4.35. The van der Waals surface area contributed by atoms with Crippen LogP contribution in [0.5, 0.6) is 0 Å². The van der Waals surface area contributed by atoms with Crippen LogP contribution in [0.2, 0.25) is 0 Å². The van der Waals surface area contributed by atoms with E-state index in [2.05, 4.69) is 11.8 Å². The highest BCUT2D eigenvalue weighted by Gasteiger charge is 2.32. The van der Waals surface area contributed by atoms with Gasteiger partial charge in [-0.3, -0.25) is 4.90 Å². The van der Waals surface area contributed by atoms with E-state index < -0.39 is 9.84 Å². The Hall–Kier alpha value is -0.940. The predicted molar refractivity (Wildman–Crippen MR) is 74.2 cm³/mol. The highest BCUT2D eigenvalue weighted by Crippen LogP contribution is 2.21.